The van der Waals surface area contributed by atoms with Gasteiger partial charge in [-0.25, -0.2) is 12.7 Å². The van der Waals surface area contributed by atoms with Crippen molar-refractivity contribution in [2.45, 2.75) is 36.6 Å². The Morgan fingerprint density at radius 2 is 1.90 bits per heavy atom. The van der Waals surface area contributed by atoms with Gasteiger partial charge in [0, 0.05) is 29.5 Å². The number of carbonyl (C=O) groups excluding carboxylic acids is 2. The number of nitrogen functional groups attached to an aromatic ring is 1. The van der Waals surface area contributed by atoms with Crippen LogP contribution in [0.15, 0.2) is 41.3 Å². The van der Waals surface area contributed by atoms with Crippen molar-refractivity contribution in [1.29, 1.82) is 0 Å². The third-order valence-corrected chi connectivity index (χ3v) is 7.48. The Hall–Kier alpha value is -2.58. The van der Waals surface area contributed by atoms with Gasteiger partial charge in [0.05, 0.1) is 5.56 Å². The lowest BCUT2D eigenvalue weighted by Gasteiger charge is -2.30. The maximum absolute atomic E-state index is 13.2. The van der Waals surface area contributed by atoms with Crippen molar-refractivity contribution in [2.75, 3.05) is 17.2 Å². The number of hydrogen-bond acceptors (Lipinski definition) is 5. The van der Waals surface area contributed by atoms with Crippen molar-refractivity contribution < 1.29 is 18.0 Å². The summed E-state index contributed by atoms with van der Waals surface area (Å²) in [6.07, 6.45) is 2.97. The van der Waals surface area contributed by atoms with Gasteiger partial charge in [0.15, 0.2) is 0 Å². The molecule has 2 aromatic rings. The quantitative estimate of drug-likeness (QED) is 0.733. The van der Waals surface area contributed by atoms with E-state index in [2.05, 4.69) is 0 Å². The van der Waals surface area contributed by atoms with E-state index in [1.807, 2.05) is 12.1 Å². The molecule has 0 aromatic heterocycles. The van der Waals surface area contributed by atoms with Gasteiger partial charge >= 0.3 is 0 Å². The fourth-order valence-corrected chi connectivity index (χ4v) is 5.91. The van der Waals surface area contributed by atoms with E-state index in [-0.39, 0.29) is 40.4 Å². The minimum Gasteiger partial charge on any atom is -0.398 e. The Labute approximate surface area is 174 Å². The summed E-state index contributed by atoms with van der Waals surface area (Å²) in [5.74, 6) is -0.783. The van der Waals surface area contributed by atoms with E-state index in [9.17, 15) is 18.0 Å². The molecule has 0 saturated heterocycles. The predicted molar refractivity (Wildman–Crippen MR) is 111 cm³/mol. The lowest BCUT2D eigenvalue weighted by atomic mass is 9.99. The summed E-state index contributed by atoms with van der Waals surface area (Å²) in [4.78, 5) is 27.3. The maximum Gasteiger partial charge on any atom is 0.269 e. The van der Waals surface area contributed by atoms with Crippen molar-refractivity contribution >= 4 is 45.6 Å². The van der Waals surface area contributed by atoms with Crippen LogP contribution >= 0.6 is 12.4 Å². The largest absolute Gasteiger partial charge is 0.398 e. The molecule has 1 fully saturated rings. The van der Waals surface area contributed by atoms with Crippen molar-refractivity contribution in [3.8, 4) is 0 Å². The molecule has 0 bridgehead atoms. The number of anilines is 2. The second-order valence-corrected chi connectivity index (χ2v) is 9.24. The van der Waals surface area contributed by atoms with Crippen molar-refractivity contribution in [3.05, 3.63) is 53.1 Å². The zero-order valence-corrected chi connectivity index (χ0v) is 17.1. The first-order valence-corrected chi connectivity index (χ1v) is 10.8. The SMILES string of the molecule is Cl.Nc1cccc2c1CCCN2C(=O)c1ccc2c(c1)S(=O)(=O)N(C1CC1)C2=O. The fraction of sp³-hybridized carbons (Fsp3) is 0.300. The highest BCUT2D eigenvalue weighted by molar-refractivity contribution is 7.90. The first-order chi connectivity index (χ1) is 13.4. The van der Waals surface area contributed by atoms with Gasteiger partial charge in [-0.1, -0.05) is 6.07 Å². The van der Waals surface area contributed by atoms with Gasteiger partial charge in [0.25, 0.3) is 21.8 Å². The number of fused-ring (bicyclic) bond motifs is 2. The molecule has 9 heteroatoms. The molecule has 2 aromatic carbocycles. The van der Waals surface area contributed by atoms with Gasteiger partial charge in [0.2, 0.25) is 0 Å². The number of benzene rings is 2. The van der Waals surface area contributed by atoms with E-state index in [0.29, 0.717) is 25.1 Å². The van der Waals surface area contributed by atoms with E-state index in [0.717, 1.165) is 28.4 Å². The van der Waals surface area contributed by atoms with Crippen LogP contribution in [0.2, 0.25) is 0 Å². The second-order valence-electron chi connectivity index (χ2n) is 7.45. The van der Waals surface area contributed by atoms with Crippen molar-refractivity contribution in [1.82, 2.24) is 4.31 Å². The highest BCUT2D eigenvalue weighted by Gasteiger charge is 2.49. The zero-order chi connectivity index (χ0) is 19.6. The van der Waals surface area contributed by atoms with E-state index in [4.69, 9.17) is 5.73 Å². The second kappa shape index (κ2) is 6.74. The molecule has 3 aliphatic rings. The van der Waals surface area contributed by atoms with Crippen LogP contribution in [0.1, 0.15) is 45.5 Å². The van der Waals surface area contributed by atoms with Gasteiger partial charge in [-0.2, -0.15) is 0 Å². The number of rotatable bonds is 2. The van der Waals surface area contributed by atoms with Gasteiger partial charge in [-0.05, 0) is 61.6 Å². The number of nitrogens with zero attached hydrogens (tertiary/aromatic N) is 2. The highest BCUT2D eigenvalue weighted by atomic mass is 35.5. The summed E-state index contributed by atoms with van der Waals surface area (Å²) in [6.45, 7) is 0.534. The first-order valence-electron chi connectivity index (χ1n) is 9.31. The van der Waals surface area contributed by atoms with Crippen molar-refractivity contribution in [2.24, 2.45) is 0 Å². The Morgan fingerprint density at radius 3 is 2.62 bits per heavy atom. The average Bonchev–Trinajstić information content (AvgIpc) is 3.48. The average molecular weight is 434 g/mol. The Bertz CT molecular complexity index is 1140. The van der Waals surface area contributed by atoms with Crippen LogP contribution in [0, 0.1) is 0 Å². The third kappa shape index (κ3) is 2.89. The Morgan fingerprint density at radius 1 is 1.14 bits per heavy atom. The molecule has 1 aliphatic carbocycles. The molecule has 2 aliphatic heterocycles. The van der Waals surface area contributed by atoms with Crippen LogP contribution in [0.3, 0.4) is 0 Å². The monoisotopic (exact) mass is 433 g/mol. The van der Waals surface area contributed by atoms with Gasteiger partial charge in [-0.15, -0.1) is 12.4 Å². The molecule has 1 saturated carbocycles. The topological polar surface area (TPSA) is 101 Å². The molecule has 2 heterocycles. The molecule has 152 valence electrons. The van der Waals surface area contributed by atoms with Crippen LogP contribution < -0.4 is 10.6 Å². The summed E-state index contributed by atoms with van der Waals surface area (Å²) in [7, 11) is -3.89. The molecule has 0 radical (unpaired) electrons. The van der Waals surface area contributed by atoms with Crippen LogP contribution in [0.4, 0.5) is 11.4 Å². The third-order valence-electron chi connectivity index (χ3n) is 5.61. The number of nitrogens with two attached hydrogens (primary N) is 1. The van der Waals surface area contributed by atoms with E-state index >= 15 is 0 Å². The molecule has 0 spiro atoms. The molecule has 7 nitrogen and oxygen atoms in total. The summed E-state index contributed by atoms with van der Waals surface area (Å²) in [5.41, 5.74) is 8.80. The zero-order valence-electron chi connectivity index (χ0n) is 15.5. The summed E-state index contributed by atoms with van der Waals surface area (Å²) in [5, 5.41) is 0. The summed E-state index contributed by atoms with van der Waals surface area (Å²) < 4.78 is 26.6. The Balaban J connectivity index is 0.00000205. The molecule has 2 amide bonds. The summed E-state index contributed by atoms with van der Waals surface area (Å²) in [6, 6.07) is 9.55. The van der Waals surface area contributed by atoms with E-state index in [1.54, 1.807) is 11.0 Å². The fourth-order valence-electron chi connectivity index (χ4n) is 4.07. The minimum absolute atomic E-state index is 0. The number of hydrogen-bond donors (Lipinski definition) is 1. The van der Waals surface area contributed by atoms with Crippen LogP contribution in [0.25, 0.3) is 0 Å². The molecular formula is C20H20ClN3O4S. The highest BCUT2D eigenvalue weighted by Crippen LogP contribution is 2.40. The molecule has 2 N–H and O–H groups in total. The number of amides is 2. The smallest absolute Gasteiger partial charge is 0.269 e. The predicted octanol–water partition coefficient (Wildman–Crippen LogP) is 2.59. The van der Waals surface area contributed by atoms with Crippen molar-refractivity contribution in [3.63, 3.8) is 0 Å². The van der Waals surface area contributed by atoms with Crippen LogP contribution in [0.5, 0.6) is 0 Å². The Kier molecular flexibility index (Phi) is 4.59. The van der Waals surface area contributed by atoms with Gasteiger partial charge in [-0.3, -0.25) is 9.59 Å². The van der Waals surface area contributed by atoms with Crippen LogP contribution in [-0.4, -0.2) is 37.1 Å². The number of carbonyl (C=O) groups is 2. The maximum atomic E-state index is 13.2. The first kappa shape index (κ1) is 19.7. The van der Waals surface area contributed by atoms with Gasteiger partial charge < -0.3 is 10.6 Å². The summed E-state index contributed by atoms with van der Waals surface area (Å²) >= 11 is 0. The van der Waals surface area contributed by atoms with Crippen LogP contribution in [-0.2, 0) is 16.4 Å². The molecular weight excluding hydrogens is 414 g/mol. The van der Waals surface area contributed by atoms with E-state index in [1.165, 1.54) is 18.2 Å². The number of halogens is 1. The molecule has 29 heavy (non-hydrogen) atoms. The standard InChI is InChI=1S/C20H19N3O4S.ClH/c21-16-4-1-5-17-14(16)3-2-10-22(17)19(24)12-6-9-15-18(11-12)28(26,27)23(20(15)25)13-7-8-13;/h1,4-6,9,11,13H,2-3,7-8,10,21H2;1H. The minimum atomic E-state index is -3.89. The van der Waals surface area contributed by atoms with Gasteiger partial charge in [0.1, 0.15) is 4.90 Å². The molecule has 5 rings (SSSR count). The lowest BCUT2D eigenvalue weighted by Crippen LogP contribution is -2.35. The lowest BCUT2D eigenvalue weighted by molar-refractivity contribution is 0.0864. The number of sulfonamides is 1. The normalized spacial score (nSPS) is 19.4. The molecule has 0 atom stereocenters. The van der Waals surface area contributed by atoms with E-state index < -0.39 is 15.9 Å². The molecule has 0 unspecified atom stereocenters.